The van der Waals surface area contributed by atoms with Crippen LogP contribution in [0.2, 0.25) is 0 Å². The summed E-state index contributed by atoms with van der Waals surface area (Å²) in [7, 11) is 0. The third kappa shape index (κ3) is 3.34. The number of halogens is 3. The molecule has 0 atom stereocenters. The summed E-state index contributed by atoms with van der Waals surface area (Å²) >= 11 is 0. The fraction of sp³-hybridized carbons (Fsp3) is 0.350. The molecule has 2 aliphatic rings. The summed E-state index contributed by atoms with van der Waals surface area (Å²) in [6.07, 6.45) is -0.110. The first-order valence-corrected chi connectivity index (χ1v) is 8.82. The van der Waals surface area contributed by atoms with E-state index >= 15 is 0 Å². The van der Waals surface area contributed by atoms with Gasteiger partial charge in [-0.2, -0.15) is 13.2 Å². The lowest BCUT2D eigenvalue weighted by Crippen LogP contribution is -2.37. The van der Waals surface area contributed by atoms with Crippen LogP contribution in [-0.4, -0.2) is 23.2 Å². The Morgan fingerprint density at radius 3 is 2.63 bits per heavy atom. The second-order valence-corrected chi connectivity index (χ2v) is 7.02. The molecular formula is C20H17F3N2O2. The van der Waals surface area contributed by atoms with Gasteiger partial charge < -0.3 is 4.90 Å². The zero-order valence-corrected chi connectivity index (χ0v) is 14.4. The molecule has 1 aromatic carbocycles. The van der Waals surface area contributed by atoms with Gasteiger partial charge in [0, 0.05) is 17.7 Å². The average molecular weight is 374 g/mol. The Kier molecular flexibility index (Phi) is 4.25. The van der Waals surface area contributed by atoms with E-state index in [2.05, 4.69) is 4.98 Å². The number of aromatic nitrogens is 1. The first-order valence-electron chi connectivity index (χ1n) is 8.82. The SMILES string of the molecule is O=C(CN1C(=O)Cc2ncc(-c3cccc(C(F)(F)F)c3)cc21)C1CCC1. The van der Waals surface area contributed by atoms with Crippen molar-refractivity contribution in [2.24, 2.45) is 5.92 Å². The Hall–Kier alpha value is -2.70. The molecule has 1 aromatic heterocycles. The third-order valence-electron chi connectivity index (χ3n) is 5.26. The van der Waals surface area contributed by atoms with Crippen LogP contribution in [0.15, 0.2) is 36.5 Å². The normalized spacial score (nSPS) is 17.0. The molecule has 4 nitrogen and oxygen atoms in total. The van der Waals surface area contributed by atoms with Gasteiger partial charge in [-0.05, 0) is 36.6 Å². The number of rotatable bonds is 4. The van der Waals surface area contributed by atoms with Crippen LogP contribution in [0.1, 0.15) is 30.5 Å². The van der Waals surface area contributed by atoms with E-state index in [-0.39, 0.29) is 30.6 Å². The topological polar surface area (TPSA) is 50.3 Å². The molecule has 4 rings (SSSR count). The molecule has 0 spiro atoms. The largest absolute Gasteiger partial charge is 0.416 e. The number of alkyl halides is 3. The zero-order valence-electron chi connectivity index (χ0n) is 14.4. The number of carbonyl (C=O) groups is 2. The molecule has 7 heteroatoms. The summed E-state index contributed by atoms with van der Waals surface area (Å²) in [5.74, 6) is -0.153. The average Bonchev–Trinajstić information content (AvgIpc) is 2.87. The molecule has 0 N–H and O–H groups in total. The summed E-state index contributed by atoms with van der Waals surface area (Å²) in [5, 5.41) is 0. The minimum absolute atomic E-state index is 0.00419. The molecule has 0 radical (unpaired) electrons. The summed E-state index contributed by atoms with van der Waals surface area (Å²) in [6, 6.07) is 6.63. The smallest absolute Gasteiger partial charge is 0.303 e. The van der Waals surface area contributed by atoms with Crippen LogP contribution in [0.5, 0.6) is 0 Å². The maximum Gasteiger partial charge on any atom is 0.416 e. The highest BCUT2D eigenvalue weighted by atomic mass is 19.4. The first-order chi connectivity index (χ1) is 12.8. The fourth-order valence-corrected chi connectivity index (χ4v) is 3.45. The van der Waals surface area contributed by atoms with Crippen LogP contribution in [-0.2, 0) is 22.2 Å². The molecule has 27 heavy (non-hydrogen) atoms. The van der Waals surface area contributed by atoms with E-state index in [1.165, 1.54) is 17.2 Å². The Morgan fingerprint density at radius 1 is 1.19 bits per heavy atom. The molecule has 1 aliphatic heterocycles. The maximum atomic E-state index is 13.0. The van der Waals surface area contributed by atoms with Crippen LogP contribution in [0.3, 0.4) is 0 Å². The number of amides is 1. The highest BCUT2D eigenvalue weighted by molar-refractivity contribution is 6.05. The van der Waals surface area contributed by atoms with Gasteiger partial charge >= 0.3 is 6.18 Å². The van der Waals surface area contributed by atoms with Crippen molar-refractivity contribution in [3.8, 4) is 11.1 Å². The van der Waals surface area contributed by atoms with Crippen molar-refractivity contribution in [2.75, 3.05) is 11.4 Å². The van der Waals surface area contributed by atoms with Crippen LogP contribution >= 0.6 is 0 Å². The molecule has 1 saturated carbocycles. The van der Waals surface area contributed by atoms with Gasteiger partial charge in [0.25, 0.3) is 0 Å². The highest BCUT2D eigenvalue weighted by Gasteiger charge is 2.34. The number of nitrogens with zero attached hydrogens (tertiary/aromatic N) is 2. The summed E-state index contributed by atoms with van der Waals surface area (Å²) in [4.78, 5) is 30.3. The minimum Gasteiger partial charge on any atom is -0.303 e. The number of pyridine rings is 1. The lowest BCUT2D eigenvalue weighted by Gasteiger charge is -2.26. The van der Waals surface area contributed by atoms with Crippen LogP contribution in [0.4, 0.5) is 18.9 Å². The molecule has 1 amide bonds. The second kappa shape index (κ2) is 6.48. The number of ketones is 1. The van der Waals surface area contributed by atoms with Crippen molar-refractivity contribution >= 4 is 17.4 Å². The standard InChI is InChI=1S/C20H17F3N2O2/c21-20(22,23)15-6-2-5-13(7-15)14-8-17-16(24-10-14)9-19(27)25(17)11-18(26)12-3-1-4-12/h2,5-8,10,12H,1,3-4,9,11H2. The van der Waals surface area contributed by atoms with E-state index in [4.69, 9.17) is 0 Å². The van der Waals surface area contributed by atoms with Crippen molar-refractivity contribution in [3.63, 3.8) is 0 Å². The lowest BCUT2D eigenvalue weighted by molar-refractivity contribution is -0.137. The van der Waals surface area contributed by atoms with E-state index in [0.29, 0.717) is 22.5 Å². The van der Waals surface area contributed by atoms with Gasteiger partial charge in [-0.15, -0.1) is 0 Å². The van der Waals surface area contributed by atoms with Gasteiger partial charge in [0.2, 0.25) is 5.91 Å². The predicted molar refractivity (Wildman–Crippen MR) is 93.1 cm³/mol. The summed E-state index contributed by atoms with van der Waals surface area (Å²) in [6.45, 7) is 0.00419. The number of hydrogen-bond donors (Lipinski definition) is 0. The van der Waals surface area contributed by atoms with Crippen LogP contribution in [0.25, 0.3) is 11.1 Å². The number of benzene rings is 1. The molecular weight excluding hydrogens is 357 g/mol. The molecule has 2 heterocycles. The second-order valence-electron chi connectivity index (χ2n) is 7.02. The third-order valence-corrected chi connectivity index (χ3v) is 5.26. The Morgan fingerprint density at radius 2 is 1.96 bits per heavy atom. The van der Waals surface area contributed by atoms with Crippen molar-refractivity contribution in [1.82, 2.24) is 4.98 Å². The Balaban J connectivity index is 1.65. The van der Waals surface area contributed by atoms with Crippen LogP contribution < -0.4 is 4.90 Å². The van der Waals surface area contributed by atoms with E-state index in [0.717, 1.165) is 31.4 Å². The highest BCUT2D eigenvalue weighted by Crippen LogP contribution is 2.36. The molecule has 0 bridgehead atoms. The number of anilines is 1. The van der Waals surface area contributed by atoms with Gasteiger partial charge in [0.05, 0.1) is 29.9 Å². The van der Waals surface area contributed by atoms with Crippen molar-refractivity contribution in [2.45, 2.75) is 31.9 Å². The van der Waals surface area contributed by atoms with Crippen molar-refractivity contribution < 1.29 is 22.8 Å². The van der Waals surface area contributed by atoms with Gasteiger partial charge in [-0.25, -0.2) is 0 Å². The van der Waals surface area contributed by atoms with Crippen molar-refractivity contribution in [1.29, 1.82) is 0 Å². The number of Topliss-reactive ketones (excluding diaryl/α,β-unsaturated/α-hetero) is 1. The molecule has 0 saturated heterocycles. The van der Waals surface area contributed by atoms with E-state index < -0.39 is 11.7 Å². The monoisotopic (exact) mass is 374 g/mol. The van der Waals surface area contributed by atoms with E-state index in [9.17, 15) is 22.8 Å². The summed E-state index contributed by atoms with van der Waals surface area (Å²) < 4.78 is 38.9. The minimum atomic E-state index is -4.43. The van der Waals surface area contributed by atoms with Crippen LogP contribution in [0, 0.1) is 5.92 Å². The number of hydrogen-bond acceptors (Lipinski definition) is 3. The molecule has 140 valence electrons. The van der Waals surface area contributed by atoms with Gasteiger partial charge in [-0.3, -0.25) is 14.6 Å². The predicted octanol–water partition coefficient (Wildman–Crippen LogP) is 4.03. The van der Waals surface area contributed by atoms with E-state index in [1.807, 2.05) is 0 Å². The van der Waals surface area contributed by atoms with Gasteiger partial charge in [-0.1, -0.05) is 18.6 Å². The molecule has 1 aliphatic carbocycles. The Bertz CT molecular complexity index is 920. The number of carbonyl (C=O) groups excluding carboxylic acids is 2. The lowest BCUT2D eigenvalue weighted by atomic mass is 9.82. The maximum absolute atomic E-state index is 13.0. The van der Waals surface area contributed by atoms with Crippen molar-refractivity contribution in [3.05, 3.63) is 47.8 Å². The first kappa shape index (κ1) is 17.7. The van der Waals surface area contributed by atoms with E-state index in [1.54, 1.807) is 12.1 Å². The van der Waals surface area contributed by atoms with Gasteiger partial charge in [0.15, 0.2) is 5.78 Å². The molecule has 2 aromatic rings. The molecule has 1 fully saturated rings. The number of fused-ring (bicyclic) bond motifs is 1. The fourth-order valence-electron chi connectivity index (χ4n) is 3.45. The Labute approximate surface area is 154 Å². The zero-order chi connectivity index (χ0) is 19.2. The van der Waals surface area contributed by atoms with Gasteiger partial charge in [0.1, 0.15) is 0 Å². The summed E-state index contributed by atoms with van der Waals surface area (Å²) in [5.41, 5.74) is 1.17. The quantitative estimate of drug-likeness (QED) is 0.812. The molecule has 0 unspecified atom stereocenters.